The van der Waals surface area contributed by atoms with Crippen molar-refractivity contribution in [3.63, 3.8) is 0 Å². The van der Waals surface area contributed by atoms with Crippen molar-refractivity contribution in [2.45, 2.75) is 6.92 Å². The summed E-state index contributed by atoms with van der Waals surface area (Å²) in [5, 5.41) is 4.12. The van der Waals surface area contributed by atoms with Crippen molar-refractivity contribution in [2.24, 2.45) is 0 Å². The number of ether oxygens (including phenoxy) is 1. The van der Waals surface area contributed by atoms with Crippen LogP contribution in [0.5, 0.6) is 11.5 Å². The van der Waals surface area contributed by atoms with Gasteiger partial charge in [0.1, 0.15) is 29.3 Å². The van der Waals surface area contributed by atoms with Crippen LogP contribution in [0, 0.1) is 11.8 Å². The van der Waals surface area contributed by atoms with Crippen LogP contribution < -0.4 is 15.0 Å². The van der Waals surface area contributed by atoms with Gasteiger partial charge in [0.15, 0.2) is 0 Å². The van der Waals surface area contributed by atoms with Crippen LogP contribution in [0.4, 0.5) is 17.2 Å². The number of fused-ring (bicyclic) bond motifs is 2. The van der Waals surface area contributed by atoms with Gasteiger partial charge in [-0.2, -0.15) is 0 Å². The molecular weight excluding hydrogens is 428 g/mol. The van der Waals surface area contributed by atoms with E-state index in [2.05, 4.69) is 32.1 Å². The first-order valence-corrected chi connectivity index (χ1v) is 10.5. The molecule has 34 heavy (non-hydrogen) atoms. The topological polar surface area (TPSA) is 84.7 Å². The second kappa shape index (κ2) is 8.92. The van der Waals surface area contributed by atoms with Crippen molar-refractivity contribution < 1.29 is 9.53 Å². The van der Waals surface area contributed by atoms with Crippen molar-refractivity contribution in [1.29, 1.82) is 0 Å². The van der Waals surface area contributed by atoms with Gasteiger partial charge in [0.25, 0.3) is 0 Å². The lowest BCUT2D eigenvalue weighted by molar-refractivity contribution is -0.113. The number of carbonyl (C=O) groups excluding carboxylic acids is 1. The predicted octanol–water partition coefficient (Wildman–Crippen LogP) is 4.80. The molecule has 0 unspecified atom stereocenters. The summed E-state index contributed by atoms with van der Waals surface area (Å²) in [6.07, 6.45) is 7.04. The molecule has 0 aliphatic carbocycles. The Morgan fingerprint density at radius 2 is 1.85 bits per heavy atom. The van der Waals surface area contributed by atoms with Gasteiger partial charge < -0.3 is 19.4 Å². The maximum Gasteiger partial charge on any atom is 0.302 e. The van der Waals surface area contributed by atoms with Gasteiger partial charge in [0, 0.05) is 48.5 Å². The second-order valence-corrected chi connectivity index (χ2v) is 7.47. The van der Waals surface area contributed by atoms with E-state index in [1.165, 1.54) is 11.2 Å². The lowest BCUT2D eigenvalue weighted by Gasteiger charge is -2.16. The Hall–Kier alpha value is -4.90. The molecule has 0 atom stereocenters. The minimum absolute atomic E-state index is 0.282. The quantitative estimate of drug-likeness (QED) is 0.389. The Balaban J connectivity index is 1.37. The third kappa shape index (κ3) is 4.23. The molecule has 0 saturated heterocycles. The van der Waals surface area contributed by atoms with Crippen LogP contribution in [0.15, 0.2) is 79.5 Å². The van der Waals surface area contributed by atoms with Gasteiger partial charge in [-0.1, -0.05) is 5.92 Å². The number of benzene rings is 2. The fourth-order valence-electron chi connectivity index (χ4n) is 3.50. The summed E-state index contributed by atoms with van der Waals surface area (Å²) < 4.78 is 7.88. The number of amides is 1. The highest BCUT2D eigenvalue weighted by Crippen LogP contribution is 2.29. The highest BCUT2D eigenvalue weighted by atomic mass is 16.5. The number of nitrogens with one attached hydrogen (secondary N) is 1. The Bertz CT molecular complexity index is 1560. The molecule has 0 radical (unpaired) electrons. The molecule has 8 heteroatoms. The first-order valence-electron chi connectivity index (χ1n) is 10.5. The molecular formula is C26H20N6O2. The van der Waals surface area contributed by atoms with Crippen LogP contribution in [-0.4, -0.2) is 32.3 Å². The van der Waals surface area contributed by atoms with Gasteiger partial charge in [-0.15, -0.1) is 0 Å². The zero-order valence-electron chi connectivity index (χ0n) is 18.6. The molecule has 0 aliphatic heterocycles. The number of aromatic nitrogens is 4. The predicted molar refractivity (Wildman–Crippen MR) is 131 cm³/mol. The molecule has 0 aliphatic rings. The van der Waals surface area contributed by atoms with E-state index in [-0.39, 0.29) is 5.91 Å². The van der Waals surface area contributed by atoms with Crippen molar-refractivity contribution in [1.82, 2.24) is 19.4 Å². The summed E-state index contributed by atoms with van der Waals surface area (Å²) in [5.74, 6) is 6.94. The fourth-order valence-corrected chi connectivity index (χ4v) is 3.50. The number of hydrogen-bond donors (Lipinski definition) is 1. The summed E-state index contributed by atoms with van der Waals surface area (Å²) in [7, 11) is 1.69. The summed E-state index contributed by atoms with van der Waals surface area (Å²) in [4.78, 5) is 26.7. The Morgan fingerprint density at radius 1 is 1.00 bits per heavy atom. The van der Waals surface area contributed by atoms with E-state index in [1.807, 2.05) is 71.4 Å². The zero-order chi connectivity index (χ0) is 23.5. The zero-order valence-corrected chi connectivity index (χ0v) is 18.6. The third-order valence-electron chi connectivity index (χ3n) is 5.26. The lowest BCUT2D eigenvalue weighted by Crippen LogP contribution is -2.24. The lowest BCUT2D eigenvalue weighted by atomic mass is 10.2. The maximum absolute atomic E-state index is 12.2. The van der Waals surface area contributed by atoms with Crippen LogP contribution in [0.1, 0.15) is 6.92 Å². The molecule has 0 fully saturated rings. The fraction of sp³-hybridized carbons (Fsp3) is 0.0769. The van der Waals surface area contributed by atoms with Crippen molar-refractivity contribution in [2.75, 3.05) is 17.3 Å². The molecule has 166 valence electrons. The molecule has 5 rings (SSSR count). The molecule has 3 aromatic heterocycles. The summed E-state index contributed by atoms with van der Waals surface area (Å²) in [5.41, 5.74) is 3.12. The number of nitrogens with zero attached hydrogens (tertiary/aromatic N) is 5. The molecule has 5 aromatic rings. The number of hydrogen-bond acceptors (Lipinski definition) is 6. The van der Waals surface area contributed by atoms with Crippen molar-refractivity contribution in [3.05, 3.63) is 79.5 Å². The Kier molecular flexibility index (Phi) is 5.50. The van der Waals surface area contributed by atoms with Crippen LogP contribution in [0.2, 0.25) is 0 Å². The van der Waals surface area contributed by atoms with E-state index in [4.69, 9.17) is 4.74 Å². The molecule has 3 heterocycles. The van der Waals surface area contributed by atoms with E-state index in [0.29, 0.717) is 23.0 Å². The van der Waals surface area contributed by atoms with Crippen LogP contribution in [0.25, 0.3) is 16.6 Å². The first-order chi connectivity index (χ1) is 16.6. The molecule has 1 N–H and O–H groups in total. The van der Waals surface area contributed by atoms with Gasteiger partial charge in [-0.25, -0.2) is 15.0 Å². The van der Waals surface area contributed by atoms with Crippen molar-refractivity contribution in [3.8, 4) is 23.3 Å². The van der Waals surface area contributed by atoms with E-state index in [1.54, 1.807) is 20.2 Å². The van der Waals surface area contributed by atoms with Crippen molar-refractivity contribution >= 4 is 39.6 Å². The number of carbonyl (C=O) groups is 1. The first kappa shape index (κ1) is 21.0. The van der Waals surface area contributed by atoms with Gasteiger partial charge in [-0.05, 0) is 61.4 Å². The highest BCUT2D eigenvalue weighted by molar-refractivity contribution is 6.06. The minimum atomic E-state index is -0.282. The molecule has 8 nitrogen and oxygen atoms in total. The van der Waals surface area contributed by atoms with Gasteiger partial charge in [0.05, 0.1) is 5.52 Å². The van der Waals surface area contributed by atoms with Crippen LogP contribution in [0.3, 0.4) is 0 Å². The number of rotatable bonds is 5. The van der Waals surface area contributed by atoms with E-state index in [9.17, 15) is 4.79 Å². The average molecular weight is 448 g/mol. The number of anilines is 3. The summed E-state index contributed by atoms with van der Waals surface area (Å²) >= 11 is 0. The van der Waals surface area contributed by atoms with Gasteiger partial charge in [-0.3, -0.25) is 4.79 Å². The largest absolute Gasteiger partial charge is 0.457 e. The van der Waals surface area contributed by atoms with Crippen LogP contribution >= 0.6 is 0 Å². The van der Waals surface area contributed by atoms with E-state index < -0.39 is 0 Å². The molecule has 0 bridgehead atoms. The summed E-state index contributed by atoms with van der Waals surface area (Å²) in [6, 6.07) is 16.9. The third-order valence-corrected chi connectivity index (χ3v) is 5.26. The monoisotopic (exact) mass is 448 g/mol. The Morgan fingerprint density at radius 3 is 2.68 bits per heavy atom. The normalized spacial score (nSPS) is 10.5. The molecule has 0 saturated carbocycles. The van der Waals surface area contributed by atoms with E-state index in [0.717, 1.165) is 22.2 Å². The Labute approximate surface area is 195 Å². The maximum atomic E-state index is 12.2. The van der Waals surface area contributed by atoms with Gasteiger partial charge >= 0.3 is 5.91 Å². The SMILES string of the molecule is CC#CC(=O)N(C)c1ccc2ncnc(Nc3ccc(Oc4ccn5ccnc5c4)cc3)c2c1. The molecule has 1 amide bonds. The van der Waals surface area contributed by atoms with Crippen LogP contribution in [-0.2, 0) is 4.79 Å². The number of pyridine rings is 1. The highest BCUT2D eigenvalue weighted by Gasteiger charge is 2.12. The standard InChI is InChI=1S/C26H20N6O2/c1-3-4-25(33)31(2)19-7-10-23-22(15-19)26(29-17-28-23)30-18-5-8-20(9-6-18)34-21-11-13-32-14-12-27-24(32)16-21/h5-17H,1-2H3,(H,28,29,30). The summed E-state index contributed by atoms with van der Waals surface area (Å²) in [6.45, 7) is 1.64. The molecule has 2 aromatic carbocycles. The van der Waals surface area contributed by atoms with Gasteiger partial charge in [0.2, 0.25) is 0 Å². The smallest absolute Gasteiger partial charge is 0.302 e. The molecule has 0 spiro atoms. The number of imidazole rings is 1. The average Bonchev–Trinajstić information content (AvgIpc) is 3.33. The second-order valence-electron chi connectivity index (χ2n) is 7.47. The van der Waals surface area contributed by atoms with E-state index >= 15 is 0 Å². The minimum Gasteiger partial charge on any atom is -0.457 e.